The molecule has 1 aliphatic heterocycles. The summed E-state index contributed by atoms with van der Waals surface area (Å²) in [7, 11) is 0. The van der Waals surface area contributed by atoms with Crippen LogP contribution in [0.2, 0.25) is 0 Å². The van der Waals surface area contributed by atoms with Gasteiger partial charge in [-0.1, -0.05) is 72.8 Å². The second kappa shape index (κ2) is 6.93. The molecule has 1 unspecified atom stereocenters. The van der Waals surface area contributed by atoms with E-state index in [0.717, 1.165) is 10.5 Å². The van der Waals surface area contributed by atoms with Gasteiger partial charge < -0.3 is 0 Å². The van der Waals surface area contributed by atoms with Crippen LogP contribution in [0.4, 0.5) is 0 Å². The molecule has 2 amide bonds. The lowest BCUT2D eigenvalue weighted by atomic mass is 9.99. The molecule has 0 N–H and O–H groups in total. The minimum Gasteiger partial charge on any atom is -0.268 e. The van der Waals surface area contributed by atoms with E-state index in [0.29, 0.717) is 5.56 Å². The topological polar surface area (TPSA) is 73.5 Å². The highest BCUT2D eigenvalue weighted by molar-refractivity contribution is 6.22. The quantitative estimate of drug-likeness (QED) is 0.522. The third kappa shape index (κ3) is 2.68. The Balaban J connectivity index is 1.90. The molecular weight excluding hydrogens is 350 g/mol. The van der Waals surface area contributed by atoms with Crippen molar-refractivity contribution in [1.29, 1.82) is 5.26 Å². The second-order valence-corrected chi connectivity index (χ2v) is 6.31. The molecular formula is C23H15N3O2. The zero-order valence-electron chi connectivity index (χ0n) is 14.8. The molecule has 5 heteroatoms. The van der Waals surface area contributed by atoms with E-state index in [4.69, 9.17) is 0 Å². The van der Waals surface area contributed by atoms with Gasteiger partial charge in [-0.3, -0.25) is 9.59 Å². The summed E-state index contributed by atoms with van der Waals surface area (Å²) >= 11 is 0. The lowest BCUT2D eigenvalue weighted by Crippen LogP contribution is -2.47. The third-order valence-corrected chi connectivity index (χ3v) is 4.65. The van der Waals surface area contributed by atoms with Crippen molar-refractivity contribution in [2.45, 2.75) is 5.66 Å². The lowest BCUT2D eigenvalue weighted by molar-refractivity contribution is 0.0513. The van der Waals surface area contributed by atoms with Crippen molar-refractivity contribution in [1.82, 2.24) is 4.90 Å². The summed E-state index contributed by atoms with van der Waals surface area (Å²) in [6.07, 6.45) is 1.51. The molecule has 0 aromatic heterocycles. The lowest BCUT2D eigenvalue weighted by Gasteiger charge is -2.31. The average molecular weight is 365 g/mol. The summed E-state index contributed by atoms with van der Waals surface area (Å²) in [4.78, 5) is 31.6. The van der Waals surface area contributed by atoms with E-state index >= 15 is 0 Å². The Hall–Kier alpha value is -4.04. The summed E-state index contributed by atoms with van der Waals surface area (Å²) < 4.78 is 0. The number of aliphatic imine (C=N–C) groups is 1. The van der Waals surface area contributed by atoms with E-state index in [2.05, 4.69) is 11.1 Å². The van der Waals surface area contributed by atoms with E-state index in [9.17, 15) is 14.9 Å². The predicted octanol–water partition coefficient (Wildman–Crippen LogP) is 3.78. The molecule has 0 saturated heterocycles. The molecule has 3 aromatic carbocycles. The Morgan fingerprint density at radius 3 is 1.82 bits per heavy atom. The second-order valence-electron chi connectivity index (χ2n) is 6.31. The number of carbonyl (C=O) groups is 2. The fourth-order valence-electron chi connectivity index (χ4n) is 3.27. The molecule has 1 aliphatic rings. The van der Waals surface area contributed by atoms with Gasteiger partial charge in [-0.05, 0) is 17.7 Å². The van der Waals surface area contributed by atoms with Crippen LogP contribution in [0.1, 0.15) is 31.8 Å². The van der Waals surface area contributed by atoms with Crippen LogP contribution >= 0.6 is 0 Å². The van der Waals surface area contributed by atoms with Crippen LogP contribution in [0.3, 0.4) is 0 Å². The van der Waals surface area contributed by atoms with E-state index in [1.165, 1.54) is 6.21 Å². The van der Waals surface area contributed by atoms with Crippen molar-refractivity contribution in [3.8, 4) is 6.07 Å². The number of nitriles is 1. The van der Waals surface area contributed by atoms with Gasteiger partial charge in [0.1, 0.15) is 6.07 Å². The van der Waals surface area contributed by atoms with E-state index in [-0.39, 0.29) is 11.1 Å². The molecule has 28 heavy (non-hydrogen) atoms. The molecule has 0 bridgehead atoms. The number of imide groups is 1. The van der Waals surface area contributed by atoms with Gasteiger partial charge in [0.05, 0.1) is 11.1 Å². The fourth-order valence-corrected chi connectivity index (χ4v) is 3.27. The van der Waals surface area contributed by atoms with Crippen LogP contribution in [0.15, 0.2) is 89.9 Å². The first-order valence-electron chi connectivity index (χ1n) is 8.72. The van der Waals surface area contributed by atoms with Gasteiger partial charge >= 0.3 is 0 Å². The Morgan fingerprint density at radius 2 is 1.29 bits per heavy atom. The van der Waals surface area contributed by atoms with Crippen molar-refractivity contribution >= 4 is 18.0 Å². The number of amides is 2. The predicted molar refractivity (Wildman–Crippen MR) is 105 cm³/mol. The normalized spacial score (nSPS) is 15.3. The number of hydrogen-bond acceptors (Lipinski definition) is 4. The van der Waals surface area contributed by atoms with Crippen molar-refractivity contribution in [2.75, 3.05) is 0 Å². The Morgan fingerprint density at radius 1 is 0.786 bits per heavy atom. The third-order valence-electron chi connectivity index (χ3n) is 4.65. The molecule has 3 aromatic rings. The Kier molecular flexibility index (Phi) is 4.30. The summed E-state index contributed by atoms with van der Waals surface area (Å²) in [6, 6.07) is 26.6. The SMILES string of the molecule is N#CC(/N=C/c1ccccc1)(c1ccccc1)N1C(=O)c2ccccc2C1=O. The first-order valence-corrected chi connectivity index (χ1v) is 8.72. The smallest absolute Gasteiger partial charge is 0.264 e. The fraction of sp³-hybridized carbons (Fsp3) is 0.0435. The highest BCUT2D eigenvalue weighted by Crippen LogP contribution is 2.37. The Labute approximate surface area is 162 Å². The zero-order chi connectivity index (χ0) is 19.6. The standard InChI is InChI=1S/C23H15N3O2/c24-16-23(18-11-5-2-6-12-18,25-15-17-9-3-1-4-10-17)26-21(27)19-13-7-8-14-20(19)22(26)28/h1-15H/b25-15+. The van der Waals surface area contributed by atoms with Gasteiger partial charge in [0, 0.05) is 11.8 Å². The molecule has 0 fully saturated rings. The van der Waals surface area contributed by atoms with Gasteiger partial charge in [-0.25, -0.2) is 9.89 Å². The zero-order valence-corrected chi connectivity index (χ0v) is 14.8. The molecule has 1 atom stereocenters. The number of fused-ring (bicyclic) bond motifs is 1. The first-order chi connectivity index (χ1) is 13.7. The minimum absolute atomic E-state index is 0.276. The number of benzene rings is 3. The van der Waals surface area contributed by atoms with Crippen LogP contribution in [0.5, 0.6) is 0 Å². The maximum atomic E-state index is 13.1. The van der Waals surface area contributed by atoms with Gasteiger partial charge in [0.15, 0.2) is 0 Å². The number of carbonyl (C=O) groups excluding carboxylic acids is 2. The largest absolute Gasteiger partial charge is 0.268 e. The molecule has 4 rings (SSSR count). The molecule has 5 nitrogen and oxygen atoms in total. The molecule has 1 heterocycles. The molecule has 134 valence electrons. The van der Waals surface area contributed by atoms with Crippen LogP contribution in [0.25, 0.3) is 0 Å². The van der Waals surface area contributed by atoms with E-state index in [1.807, 2.05) is 30.3 Å². The van der Waals surface area contributed by atoms with Crippen LogP contribution in [-0.2, 0) is 5.66 Å². The van der Waals surface area contributed by atoms with Gasteiger partial charge in [0.25, 0.3) is 17.5 Å². The Bertz CT molecular complexity index is 1080. The van der Waals surface area contributed by atoms with Crippen molar-refractivity contribution in [3.63, 3.8) is 0 Å². The van der Waals surface area contributed by atoms with E-state index < -0.39 is 17.5 Å². The average Bonchev–Trinajstić information content (AvgIpc) is 3.02. The van der Waals surface area contributed by atoms with Crippen molar-refractivity contribution in [3.05, 3.63) is 107 Å². The van der Waals surface area contributed by atoms with Crippen molar-refractivity contribution in [2.24, 2.45) is 4.99 Å². The van der Waals surface area contributed by atoms with E-state index in [1.54, 1.807) is 54.6 Å². The minimum atomic E-state index is -1.80. The molecule has 0 spiro atoms. The molecule has 0 saturated carbocycles. The highest BCUT2D eigenvalue weighted by atomic mass is 16.2. The summed E-state index contributed by atoms with van der Waals surface area (Å²) in [5.74, 6) is -1.06. The maximum Gasteiger partial charge on any atom is 0.264 e. The first kappa shape index (κ1) is 17.4. The van der Waals surface area contributed by atoms with Crippen LogP contribution in [0, 0.1) is 11.3 Å². The number of nitrogens with zero attached hydrogens (tertiary/aromatic N) is 3. The molecule has 0 aliphatic carbocycles. The van der Waals surface area contributed by atoms with Gasteiger partial charge in [-0.2, -0.15) is 5.26 Å². The van der Waals surface area contributed by atoms with Crippen LogP contribution < -0.4 is 0 Å². The highest BCUT2D eigenvalue weighted by Gasteiger charge is 2.50. The van der Waals surface area contributed by atoms with Gasteiger partial charge in [-0.15, -0.1) is 0 Å². The van der Waals surface area contributed by atoms with Gasteiger partial charge in [0.2, 0.25) is 0 Å². The summed E-state index contributed by atoms with van der Waals surface area (Å²) in [6.45, 7) is 0. The van der Waals surface area contributed by atoms with Crippen molar-refractivity contribution < 1.29 is 9.59 Å². The monoisotopic (exact) mass is 365 g/mol. The maximum absolute atomic E-state index is 13.1. The van der Waals surface area contributed by atoms with Crippen LogP contribution in [-0.4, -0.2) is 22.9 Å². The molecule has 0 radical (unpaired) electrons. The number of rotatable bonds is 4. The summed E-state index contributed by atoms with van der Waals surface area (Å²) in [5.41, 5.74) is -0.0469. The summed E-state index contributed by atoms with van der Waals surface area (Å²) in [5, 5.41) is 10.2. The number of hydrogen-bond donors (Lipinski definition) is 0.